The van der Waals surface area contributed by atoms with Crippen LogP contribution in [0, 0.1) is 0 Å². The number of para-hydroxylation sites is 2. The maximum atomic E-state index is 11.3. The molecule has 0 saturated heterocycles. The van der Waals surface area contributed by atoms with Crippen LogP contribution in [0.25, 0.3) is 10.2 Å². The quantitative estimate of drug-likeness (QED) is 0.185. The number of aromatic nitrogens is 1. The van der Waals surface area contributed by atoms with Crippen molar-refractivity contribution in [1.82, 2.24) is 10.3 Å². The molecular weight excluding hydrogens is 452 g/mol. The van der Waals surface area contributed by atoms with E-state index in [0.717, 1.165) is 51.0 Å². The van der Waals surface area contributed by atoms with E-state index < -0.39 is 5.97 Å². The first-order valence-electron chi connectivity index (χ1n) is 10.9. The maximum Gasteiger partial charge on any atom is 0.336 e. The van der Waals surface area contributed by atoms with Crippen LogP contribution in [0.1, 0.15) is 34.3 Å². The van der Waals surface area contributed by atoms with Crippen LogP contribution in [0.5, 0.6) is 5.75 Å². The number of unbranched alkanes of at least 4 members (excludes halogenated alkanes) is 1. The maximum absolute atomic E-state index is 11.3. The minimum absolute atomic E-state index is 0.165. The van der Waals surface area contributed by atoms with Gasteiger partial charge in [0.15, 0.2) is 6.10 Å². The molecule has 0 aliphatic heterocycles. The summed E-state index contributed by atoms with van der Waals surface area (Å²) in [5, 5.41) is 13.8. The third kappa shape index (κ3) is 6.57. The van der Waals surface area contributed by atoms with Crippen molar-refractivity contribution in [2.24, 2.45) is 0 Å². The number of fused-ring (bicyclic) bond motifs is 1. The van der Waals surface area contributed by atoms with E-state index in [9.17, 15) is 9.90 Å². The molecule has 1 aromatic heterocycles. The average Bonchev–Trinajstić information content (AvgIpc) is 3.28. The second kappa shape index (κ2) is 11.8. The average molecular weight is 479 g/mol. The number of carboxylic acid groups (broad SMARTS) is 1. The second-order valence-electron chi connectivity index (χ2n) is 7.50. The number of hydrogen-bond acceptors (Lipinski definition) is 6. The number of carbonyl (C=O) groups is 1. The fourth-order valence-corrected chi connectivity index (χ4v) is 5.46. The van der Waals surface area contributed by atoms with Crippen molar-refractivity contribution in [2.75, 3.05) is 18.8 Å². The Labute approximate surface area is 201 Å². The molecule has 0 saturated carbocycles. The highest BCUT2D eigenvalue weighted by molar-refractivity contribution is 7.99. The molecular formula is C26H26N2O3S2. The SMILES string of the molecule is O=C(O)c1ccccc1SCCCCNCC(Oc1ccccc1)c1nc2ccccc2s1. The Balaban J connectivity index is 1.28. The standard InChI is InChI=1S/C26H26N2O3S2/c29-26(30)20-12-4-6-14-23(20)32-17-9-8-16-27-18-22(31-19-10-2-1-3-11-19)25-28-21-13-5-7-15-24(21)33-25/h1-7,10-15,22,27H,8-9,16-18H2,(H,29,30). The van der Waals surface area contributed by atoms with Gasteiger partial charge in [-0.3, -0.25) is 0 Å². The van der Waals surface area contributed by atoms with Gasteiger partial charge in [0.2, 0.25) is 0 Å². The highest BCUT2D eigenvalue weighted by Gasteiger charge is 2.18. The van der Waals surface area contributed by atoms with E-state index >= 15 is 0 Å². The molecule has 5 nitrogen and oxygen atoms in total. The zero-order valence-electron chi connectivity index (χ0n) is 18.1. The summed E-state index contributed by atoms with van der Waals surface area (Å²) in [6.45, 7) is 1.53. The predicted molar refractivity (Wildman–Crippen MR) is 136 cm³/mol. The number of thioether (sulfide) groups is 1. The van der Waals surface area contributed by atoms with Crippen LogP contribution >= 0.6 is 23.1 Å². The fraction of sp³-hybridized carbons (Fsp3) is 0.231. The van der Waals surface area contributed by atoms with E-state index in [1.54, 1.807) is 35.2 Å². The number of ether oxygens (including phenoxy) is 1. The Bertz CT molecular complexity index is 1150. The van der Waals surface area contributed by atoms with Crippen molar-refractivity contribution in [3.8, 4) is 5.75 Å². The molecule has 0 fully saturated rings. The van der Waals surface area contributed by atoms with E-state index in [-0.39, 0.29) is 6.10 Å². The zero-order valence-corrected chi connectivity index (χ0v) is 19.8. The zero-order chi connectivity index (χ0) is 22.9. The summed E-state index contributed by atoms with van der Waals surface area (Å²) in [5.74, 6) is 0.837. The van der Waals surface area contributed by atoms with Crippen LogP contribution < -0.4 is 10.1 Å². The molecule has 4 aromatic rings. The van der Waals surface area contributed by atoms with Crippen LogP contribution in [-0.2, 0) is 0 Å². The van der Waals surface area contributed by atoms with Gasteiger partial charge in [0.1, 0.15) is 10.8 Å². The van der Waals surface area contributed by atoms with Gasteiger partial charge in [-0.15, -0.1) is 23.1 Å². The van der Waals surface area contributed by atoms with Crippen LogP contribution in [-0.4, -0.2) is 34.9 Å². The lowest BCUT2D eigenvalue weighted by Crippen LogP contribution is -2.26. The normalized spacial score (nSPS) is 12.0. The lowest BCUT2D eigenvalue weighted by Gasteiger charge is -2.18. The molecule has 170 valence electrons. The Morgan fingerprint density at radius 1 is 1.00 bits per heavy atom. The van der Waals surface area contributed by atoms with Gasteiger partial charge in [0.05, 0.1) is 15.8 Å². The van der Waals surface area contributed by atoms with Crippen LogP contribution in [0.2, 0.25) is 0 Å². The smallest absolute Gasteiger partial charge is 0.336 e. The van der Waals surface area contributed by atoms with E-state index in [1.807, 2.05) is 60.7 Å². The molecule has 0 aliphatic rings. The van der Waals surface area contributed by atoms with E-state index in [1.165, 1.54) is 0 Å². The third-order valence-corrected chi connectivity index (χ3v) is 7.35. The van der Waals surface area contributed by atoms with Crippen molar-refractivity contribution in [1.29, 1.82) is 0 Å². The summed E-state index contributed by atoms with van der Waals surface area (Å²) in [7, 11) is 0. The minimum Gasteiger partial charge on any atom is -0.482 e. The number of carboxylic acids is 1. The number of nitrogens with one attached hydrogen (secondary N) is 1. The monoisotopic (exact) mass is 478 g/mol. The number of aromatic carboxylic acids is 1. The molecule has 0 radical (unpaired) electrons. The summed E-state index contributed by atoms with van der Waals surface area (Å²) in [6, 6.07) is 25.2. The molecule has 0 spiro atoms. The lowest BCUT2D eigenvalue weighted by molar-refractivity contribution is 0.0693. The first-order chi connectivity index (χ1) is 16.2. The summed E-state index contributed by atoms with van der Waals surface area (Å²) < 4.78 is 7.44. The van der Waals surface area contributed by atoms with Gasteiger partial charge < -0.3 is 15.2 Å². The molecule has 3 aromatic carbocycles. The van der Waals surface area contributed by atoms with Crippen molar-refractivity contribution in [3.63, 3.8) is 0 Å². The number of hydrogen-bond donors (Lipinski definition) is 2. The molecule has 2 N–H and O–H groups in total. The molecule has 4 rings (SSSR count). The Hall–Kier alpha value is -2.87. The van der Waals surface area contributed by atoms with Crippen LogP contribution in [0.4, 0.5) is 0 Å². The molecule has 0 bridgehead atoms. The Morgan fingerprint density at radius 2 is 1.76 bits per heavy atom. The molecule has 1 heterocycles. The van der Waals surface area contributed by atoms with Gasteiger partial charge in [0.25, 0.3) is 0 Å². The number of benzene rings is 3. The van der Waals surface area contributed by atoms with Crippen molar-refractivity contribution >= 4 is 39.3 Å². The van der Waals surface area contributed by atoms with Crippen LogP contribution in [0.15, 0.2) is 83.8 Å². The Kier molecular flexibility index (Phi) is 8.35. The van der Waals surface area contributed by atoms with Gasteiger partial charge in [-0.1, -0.05) is 42.5 Å². The van der Waals surface area contributed by atoms with Crippen molar-refractivity contribution in [2.45, 2.75) is 23.8 Å². The van der Waals surface area contributed by atoms with Gasteiger partial charge >= 0.3 is 5.97 Å². The van der Waals surface area contributed by atoms with E-state index in [0.29, 0.717) is 12.1 Å². The third-order valence-electron chi connectivity index (χ3n) is 5.06. The largest absolute Gasteiger partial charge is 0.482 e. The molecule has 0 aliphatic carbocycles. The van der Waals surface area contributed by atoms with Gasteiger partial charge in [-0.25, -0.2) is 9.78 Å². The summed E-state index contributed by atoms with van der Waals surface area (Å²) in [5.41, 5.74) is 1.37. The fourth-order valence-electron chi connectivity index (χ4n) is 3.41. The van der Waals surface area contributed by atoms with Crippen LogP contribution in [0.3, 0.4) is 0 Å². The number of thiazole rings is 1. The molecule has 1 atom stereocenters. The molecule has 1 unspecified atom stereocenters. The van der Waals surface area contributed by atoms with Crippen molar-refractivity contribution < 1.29 is 14.6 Å². The second-order valence-corrected chi connectivity index (χ2v) is 9.70. The van der Waals surface area contributed by atoms with Gasteiger partial charge in [0, 0.05) is 11.4 Å². The topological polar surface area (TPSA) is 71.5 Å². The Morgan fingerprint density at radius 3 is 2.58 bits per heavy atom. The van der Waals surface area contributed by atoms with Crippen molar-refractivity contribution in [3.05, 3.63) is 89.4 Å². The highest BCUT2D eigenvalue weighted by atomic mass is 32.2. The summed E-state index contributed by atoms with van der Waals surface area (Å²) in [6.07, 6.45) is 1.83. The molecule has 0 amide bonds. The first-order valence-corrected chi connectivity index (χ1v) is 12.7. The predicted octanol–water partition coefficient (Wildman–Crippen LogP) is 6.28. The molecule has 7 heteroatoms. The van der Waals surface area contributed by atoms with Gasteiger partial charge in [-0.05, 0) is 61.5 Å². The number of nitrogens with zero attached hydrogens (tertiary/aromatic N) is 1. The summed E-state index contributed by atoms with van der Waals surface area (Å²) in [4.78, 5) is 16.9. The highest BCUT2D eigenvalue weighted by Crippen LogP contribution is 2.29. The lowest BCUT2D eigenvalue weighted by atomic mass is 10.2. The molecule has 33 heavy (non-hydrogen) atoms. The minimum atomic E-state index is -0.876. The van der Waals surface area contributed by atoms with Gasteiger partial charge in [-0.2, -0.15) is 0 Å². The number of rotatable bonds is 12. The van der Waals surface area contributed by atoms with E-state index in [2.05, 4.69) is 11.4 Å². The first kappa shape index (κ1) is 23.3. The van der Waals surface area contributed by atoms with E-state index in [4.69, 9.17) is 9.72 Å². The summed E-state index contributed by atoms with van der Waals surface area (Å²) >= 11 is 3.27.